The van der Waals surface area contributed by atoms with Gasteiger partial charge in [0.1, 0.15) is 30.1 Å². The van der Waals surface area contributed by atoms with E-state index in [1.807, 2.05) is 51.2 Å². The van der Waals surface area contributed by atoms with Crippen LogP contribution in [-0.4, -0.2) is 171 Å². The fourth-order valence-corrected chi connectivity index (χ4v) is 11.8. The minimum absolute atomic E-state index is 0.0112. The first kappa shape index (κ1) is 71.5. The number of esters is 1. The molecule has 20 heteroatoms. The van der Waals surface area contributed by atoms with Gasteiger partial charge in [0.25, 0.3) is 11.7 Å². The Bertz CT molecular complexity index is 2330. The van der Waals surface area contributed by atoms with E-state index in [0.29, 0.717) is 62.5 Å². The highest BCUT2D eigenvalue weighted by molar-refractivity contribution is 6.39. The molecule has 84 heavy (non-hydrogen) atoms. The Kier molecular flexibility index (Phi) is 30.8. The van der Waals surface area contributed by atoms with Crippen LogP contribution in [0, 0.1) is 74.9 Å². The van der Waals surface area contributed by atoms with Gasteiger partial charge in [0.05, 0.1) is 114 Å². The van der Waals surface area contributed by atoms with Crippen molar-refractivity contribution in [3.63, 3.8) is 0 Å². The quantitative estimate of drug-likeness (QED) is 0.0465. The molecule has 0 aromatic heterocycles. The Hall–Kier alpha value is -5.02. The number of hydrogen-bond donors (Lipinski definition) is 3. The van der Waals surface area contributed by atoms with Crippen LogP contribution >= 0.6 is 0 Å². The molecule has 3 heterocycles. The predicted octanol–water partition coefficient (Wildman–Crippen LogP) is 7.33. The summed E-state index contributed by atoms with van der Waals surface area (Å²) < 4.78 is 48.7. The third-order valence-electron chi connectivity index (χ3n) is 17.1. The summed E-state index contributed by atoms with van der Waals surface area (Å²) in [6, 6.07) is 4.98. The van der Waals surface area contributed by atoms with E-state index in [1.54, 1.807) is 40.9 Å². The van der Waals surface area contributed by atoms with Gasteiger partial charge in [-0.3, -0.25) is 19.2 Å². The highest BCUT2D eigenvalue weighted by Gasteiger charge is 2.53. The predicted molar refractivity (Wildman–Crippen MR) is 310 cm³/mol. The molecule has 0 aromatic carbocycles. The fourth-order valence-electron chi connectivity index (χ4n) is 11.8. The molecule has 3 aliphatic heterocycles. The molecule has 4 rings (SSSR count). The number of fused-ring (bicyclic) bond motifs is 3. The summed E-state index contributed by atoms with van der Waals surface area (Å²) >= 11 is 0. The maximum atomic E-state index is 14.7. The lowest BCUT2D eigenvalue weighted by Crippen LogP contribution is -2.61. The monoisotopic (exact) mass is 1180 g/mol. The van der Waals surface area contributed by atoms with Gasteiger partial charge in [-0.05, 0) is 107 Å². The number of hydrogen-bond acceptors (Lipinski definition) is 19. The number of Topliss-reactive ketones (excluding diaryl/α,β-unsaturated/α-hetero) is 3. The van der Waals surface area contributed by atoms with Crippen molar-refractivity contribution >= 4 is 29.2 Å². The molecule has 0 spiro atoms. The number of cyclic esters (lactones) is 1. The van der Waals surface area contributed by atoms with E-state index in [9.17, 15) is 55.1 Å². The largest absolute Gasteiger partial charge is 0.460 e. The van der Waals surface area contributed by atoms with Crippen LogP contribution in [0.15, 0.2) is 47.6 Å². The second-order valence-electron chi connectivity index (χ2n) is 24.0. The van der Waals surface area contributed by atoms with Crippen LogP contribution in [0.3, 0.4) is 0 Å². The van der Waals surface area contributed by atoms with Crippen molar-refractivity contribution in [2.24, 2.45) is 40.9 Å². The normalized spacial score (nSPS) is 33.8. The van der Waals surface area contributed by atoms with E-state index in [-0.39, 0.29) is 127 Å². The smallest absolute Gasteiger partial charge is 0.329 e. The third-order valence-corrected chi connectivity index (χ3v) is 17.1. The lowest BCUT2D eigenvalue weighted by molar-refractivity contribution is -0.266. The van der Waals surface area contributed by atoms with Crippen LogP contribution < -0.4 is 0 Å². The number of nitrogens with zero attached hydrogens (tertiary/aromatic N) is 4. The number of rotatable bonds is 20. The first-order chi connectivity index (χ1) is 40.1. The number of allylic oxidation sites excluding steroid dienone is 6. The lowest BCUT2D eigenvalue weighted by Gasteiger charge is -2.43. The molecule has 2 bridgehead atoms. The van der Waals surface area contributed by atoms with Crippen LogP contribution in [0.4, 0.5) is 0 Å². The second kappa shape index (κ2) is 36.2. The summed E-state index contributed by atoms with van der Waals surface area (Å²) in [4.78, 5) is 73.5. The number of ether oxygens (including phenoxy) is 8. The molecule has 0 radical (unpaired) electrons. The number of amides is 1. The Morgan fingerprint density at radius 2 is 1.43 bits per heavy atom. The zero-order chi connectivity index (χ0) is 62.0. The maximum absolute atomic E-state index is 14.7. The molecule has 1 unspecified atom stereocenters. The summed E-state index contributed by atoms with van der Waals surface area (Å²) in [5.41, 5.74) is 0.0559. The Balaban J connectivity index is 1.79. The van der Waals surface area contributed by atoms with E-state index in [2.05, 4.69) is 18.2 Å². The number of carbonyl (C=O) groups is 5. The number of piperidine rings is 1. The molecule has 3 fully saturated rings. The van der Waals surface area contributed by atoms with E-state index in [0.717, 1.165) is 4.90 Å². The average molecular weight is 1180 g/mol. The molecule has 1 amide bonds. The van der Waals surface area contributed by atoms with E-state index >= 15 is 0 Å². The number of carbonyl (C=O) groups excluding carboxylic acids is 5. The first-order valence-corrected chi connectivity index (χ1v) is 30.2. The minimum Gasteiger partial charge on any atom is -0.460 e. The number of nitriles is 3. The fraction of sp³-hybridized carbons (Fsp3) is 0.750. The van der Waals surface area contributed by atoms with E-state index in [1.165, 1.54) is 7.11 Å². The summed E-state index contributed by atoms with van der Waals surface area (Å²) in [7, 11) is 2.91. The Morgan fingerprint density at radius 1 is 0.786 bits per heavy atom. The summed E-state index contributed by atoms with van der Waals surface area (Å²) in [5.74, 6) is -8.92. The molecule has 20 nitrogen and oxygen atoms in total. The first-order valence-electron chi connectivity index (χ1n) is 30.2. The van der Waals surface area contributed by atoms with Crippen molar-refractivity contribution in [3.8, 4) is 18.2 Å². The zero-order valence-electron chi connectivity index (χ0n) is 51.2. The van der Waals surface area contributed by atoms with Crippen LogP contribution in [0.25, 0.3) is 0 Å². The molecular formula is C64H96N4O16. The van der Waals surface area contributed by atoms with Crippen molar-refractivity contribution in [3.05, 3.63) is 47.6 Å². The van der Waals surface area contributed by atoms with Gasteiger partial charge in [-0.25, -0.2) is 4.79 Å². The van der Waals surface area contributed by atoms with Gasteiger partial charge >= 0.3 is 5.97 Å². The summed E-state index contributed by atoms with van der Waals surface area (Å²) in [6.07, 6.45) is 9.43. The van der Waals surface area contributed by atoms with Gasteiger partial charge in [-0.15, -0.1) is 0 Å². The van der Waals surface area contributed by atoms with Crippen molar-refractivity contribution in [2.45, 2.75) is 199 Å². The number of methoxy groups -OCH3 is 2. The highest BCUT2D eigenvalue weighted by atomic mass is 16.6. The zero-order valence-corrected chi connectivity index (χ0v) is 51.2. The number of ketones is 3. The van der Waals surface area contributed by atoms with Gasteiger partial charge in [0.15, 0.2) is 5.78 Å². The van der Waals surface area contributed by atoms with Crippen LogP contribution in [0.1, 0.15) is 145 Å². The van der Waals surface area contributed by atoms with E-state index < -0.39 is 95.2 Å². The third kappa shape index (κ3) is 21.4. The van der Waals surface area contributed by atoms with Gasteiger partial charge < -0.3 is 58.1 Å². The summed E-state index contributed by atoms with van der Waals surface area (Å²) in [5, 5.41) is 62.4. The van der Waals surface area contributed by atoms with Gasteiger partial charge in [0.2, 0.25) is 5.79 Å². The molecule has 1 saturated carbocycles. The molecule has 468 valence electrons. The van der Waals surface area contributed by atoms with Gasteiger partial charge in [-0.2, -0.15) is 15.8 Å². The van der Waals surface area contributed by atoms with Crippen LogP contribution in [0.2, 0.25) is 0 Å². The molecule has 15 atom stereocenters. The van der Waals surface area contributed by atoms with Gasteiger partial charge in [-0.1, -0.05) is 71.1 Å². The highest BCUT2D eigenvalue weighted by Crippen LogP contribution is 2.38. The lowest BCUT2D eigenvalue weighted by atomic mass is 9.78. The van der Waals surface area contributed by atoms with Crippen LogP contribution in [-0.2, 0) is 61.9 Å². The van der Waals surface area contributed by atoms with Gasteiger partial charge in [0, 0.05) is 51.4 Å². The Labute approximate surface area is 498 Å². The topological polar surface area (TPSA) is 294 Å². The maximum Gasteiger partial charge on any atom is 0.329 e. The van der Waals surface area contributed by atoms with E-state index in [4.69, 9.17) is 37.9 Å². The molecular weight excluding hydrogens is 1080 g/mol. The number of aliphatic hydroxyl groups is 3. The molecule has 4 aliphatic rings. The number of aliphatic hydroxyl groups excluding tert-OH is 2. The Morgan fingerprint density at radius 3 is 2.04 bits per heavy atom. The average Bonchev–Trinajstić information content (AvgIpc) is 1.85. The molecule has 3 N–H and O–H groups in total. The molecule has 0 aromatic rings. The van der Waals surface area contributed by atoms with Crippen LogP contribution in [0.5, 0.6) is 0 Å². The van der Waals surface area contributed by atoms with Crippen molar-refractivity contribution < 1.29 is 77.2 Å². The molecule has 1 aliphatic carbocycles. The van der Waals surface area contributed by atoms with Crippen molar-refractivity contribution in [1.29, 1.82) is 15.8 Å². The summed E-state index contributed by atoms with van der Waals surface area (Å²) in [6.45, 7) is 12.8. The molecule has 2 saturated heterocycles. The van der Waals surface area contributed by atoms with Crippen molar-refractivity contribution in [2.75, 3.05) is 67.0 Å². The van der Waals surface area contributed by atoms with Crippen molar-refractivity contribution in [1.82, 2.24) is 4.90 Å². The minimum atomic E-state index is -2.60. The SMILES string of the molecule is CO[C@@H]1C[C@H](C[C@@H](C)[C@@H]2CC(=O)[C@H](C)/C=C(\C)[C@@H](O)[C@@H](OC)C(=O)[C@H](C)C[C@H](C)/C=C/C=C/C=C(\C)C(OCC(COCCC#N)(COCCC#N)COCCC#N)C[C@@H]3CC[C@@H](C)[C@@](O)(O3)C(=O)C(=O)N3CCCC[C@H]3C(=O)O2)CC[C@H]1O. The standard InChI is InChI=1S/C64H96N4O16/c1-42-18-11-10-12-19-43(2)54(82-41-63(38-79-29-15-25-65,39-80-30-16-26-66)40-81-31-17-27-67)36-50-23-21-48(7)64(76,84-50)60(73)61(74)68-28-14-13-20-51(68)62(75)83-55(45(4)34-49-22-24-52(69)56(35-49)77-8)37-53(70)44(3)33-47(6)58(72)59(78-9)57(71)46(5)32-42/h10-12,18-19,33,42,44-46,48-52,54-56,58-59,69,72,76H,13-17,20-24,28-32,34-41H2,1-9H3/b12-10+,18-11+,43-19+,47-33+/t42-,44-,45-,46-,48-,49+,50+,51+,52-,54?,55+,56-,58-,59+,64-/m1/s1. The second-order valence-corrected chi connectivity index (χ2v) is 24.0.